The second-order valence-corrected chi connectivity index (χ2v) is 16.8. The van der Waals surface area contributed by atoms with E-state index in [2.05, 4.69) is 49.6 Å². The molecule has 0 radical (unpaired) electrons. The maximum atomic E-state index is 12.4. The van der Waals surface area contributed by atoms with Gasteiger partial charge in [0, 0.05) is 18.7 Å². The first-order valence-corrected chi connectivity index (χ1v) is 21.0. The van der Waals surface area contributed by atoms with Crippen LogP contribution in [0.5, 0.6) is 0 Å². The quantitative estimate of drug-likeness (QED) is 0.0222. The van der Waals surface area contributed by atoms with E-state index in [4.69, 9.17) is 18.5 Å². The van der Waals surface area contributed by atoms with Gasteiger partial charge in [0.15, 0.2) is 28.0 Å². The topological polar surface area (TPSA) is 365 Å². The lowest BCUT2D eigenvalue weighted by Gasteiger charge is -2.15. The average molecular weight is 857 g/mol. The highest BCUT2D eigenvalue weighted by Crippen LogP contribution is 2.37. The fourth-order valence-electron chi connectivity index (χ4n) is 3.93. The molecule has 6 N–H and O–H groups in total. The first-order valence-electron chi connectivity index (χ1n) is 14.3. The Labute approximate surface area is 311 Å². The third kappa shape index (κ3) is 14.2. The lowest BCUT2D eigenvalue weighted by Crippen LogP contribution is -2.22. The zero-order chi connectivity index (χ0) is 40.2. The molecule has 0 amide bonds. The molecule has 2 aromatic carbocycles. The van der Waals surface area contributed by atoms with Gasteiger partial charge in [0.2, 0.25) is 0 Å². The molecular formula is C25H28N8O16S5. The molecule has 1 aromatic heterocycles. The van der Waals surface area contributed by atoms with Gasteiger partial charge in [-0.05, 0) is 49.4 Å². The van der Waals surface area contributed by atoms with E-state index in [0.717, 1.165) is 24.3 Å². The fraction of sp³-hybridized carbons (Fsp3) is 0.280. The molecule has 3 aromatic rings. The second kappa shape index (κ2) is 19.3. The zero-order valence-corrected chi connectivity index (χ0v) is 31.3. The van der Waals surface area contributed by atoms with Crippen molar-refractivity contribution < 1.29 is 70.3 Å². The van der Waals surface area contributed by atoms with Crippen LogP contribution in [0, 0.1) is 18.3 Å². The summed E-state index contributed by atoms with van der Waals surface area (Å²) in [5, 5.41) is 42.7. The van der Waals surface area contributed by atoms with Crippen molar-refractivity contribution in [3.8, 4) is 6.07 Å². The van der Waals surface area contributed by atoms with Gasteiger partial charge in [-0.15, -0.1) is 14.6 Å². The number of rotatable bonds is 21. The SMILES string of the molecule is Cc1c(C#N)c(NCCOSOOO)nc(NCCS(=O)(=O)CCOS(=O)(=O)O)c1N=Nc1ccc(N=Nc2ccc(S(=O)(=O)O)cc2)cc1S(=O)(=O)O. The molecule has 0 fully saturated rings. The molecule has 3 rings (SSSR count). The predicted molar refractivity (Wildman–Crippen MR) is 186 cm³/mol. The van der Waals surface area contributed by atoms with Crippen LogP contribution in [-0.2, 0) is 58.2 Å². The van der Waals surface area contributed by atoms with Gasteiger partial charge in [-0.25, -0.2) is 22.8 Å². The number of sulfone groups is 1. The van der Waals surface area contributed by atoms with Crippen molar-refractivity contribution in [1.82, 2.24) is 4.98 Å². The van der Waals surface area contributed by atoms with Gasteiger partial charge in [-0.2, -0.15) is 40.7 Å². The first kappa shape index (κ1) is 44.1. The lowest BCUT2D eigenvalue weighted by atomic mass is 10.1. The van der Waals surface area contributed by atoms with Crippen LogP contribution in [0.3, 0.4) is 0 Å². The number of anilines is 2. The molecule has 0 spiro atoms. The lowest BCUT2D eigenvalue weighted by molar-refractivity contribution is -0.434. The largest absolute Gasteiger partial charge is 0.397 e. The van der Waals surface area contributed by atoms with Crippen molar-refractivity contribution in [1.29, 1.82) is 5.26 Å². The molecule has 0 saturated carbocycles. The molecule has 0 aliphatic carbocycles. The van der Waals surface area contributed by atoms with Crippen LogP contribution in [0.1, 0.15) is 11.1 Å². The van der Waals surface area contributed by atoms with E-state index < -0.39 is 74.1 Å². The summed E-state index contributed by atoms with van der Waals surface area (Å²) in [4.78, 5) is 3.11. The molecular weight excluding hydrogens is 829 g/mol. The van der Waals surface area contributed by atoms with Crippen molar-refractivity contribution in [2.24, 2.45) is 20.5 Å². The maximum absolute atomic E-state index is 12.4. The fourth-order valence-corrected chi connectivity index (χ4v) is 6.63. The minimum Gasteiger partial charge on any atom is -0.367 e. The molecule has 0 unspecified atom stereocenters. The highest BCUT2D eigenvalue weighted by Gasteiger charge is 2.21. The molecule has 0 aliphatic rings. The number of pyridine rings is 1. The first-order chi connectivity index (χ1) is 25.2. The summed E-state index contributed by atoms with van der Waals surface area (Å²) in [5.41, 5.74) is -0.569. The van der Waals surface area contributed by atoms with E-state index >= 15 is 0 Å². The zero-order valence-electron chi connectivity index (χ0n) is 27.2. The van der Waals surface area contributed by atoms with Gasteiger partial charge in [-0.3, -0.25) is 17.8 Å². The van der Waals surface area contributed by atoms with Crippen LogP contribution >= 0.6 is 12.3 Å². The minimum absolute atomic E-state index is 0.00262. The molecule has 0 aliphatic heterocycles. The Morgan fingerprint density at radius 3 is 2.07 bits per heavy atom. The normalized spacial score (nSPS) is 12.7. The molecule has 0 saturated heterocycles. The number of azo groups is 2. The van der Waals surface area contributed by atoms with Crippen molar-refractivity contribution >= 4 is 87.2 Å². The molecule has 24 nitrogen and oxygen atoms in total. The monoisotopic (exact) mass is 856 g/mol. The smallest absolute Gasteiger partial charge is 0.367 e. The van der Waals surface area contributed by atoms with Gasteiger partial charge < -0.3 is 10.6 Å². The van der Waals surface area contributed by atoms with E-state index in [9.17, 15) is 43.5 Å². The van der Waals surface area contributed by atoms with E-state index in [1.54, 1.807) is 0 Å². The summed E-state index contributed by atoms with van der Waals surface area (Å²) < 4.78 is 134. The van der Waals surface area contributed by atoms with Crippen LogP contribution in [0.2, 0.25) is 0 Å². The van der Waals surface area contributed by atoms with Gasteiger partial charge >= 0.3 is 10.4 Å². The van der Waals surface area contributed by atoms with E-state index in [1.165, 1.54) is 25.1 Å². The number of nitrogens with one attached hydrogen (secondary N) is 2. The van der Waals surface area contributed by atoms with Gasteiger partial charge in [0.25, 0.3) is 20.2 Å². The summed E-state index contributed by atoms with van der Waals surface area (Å²) in [6.07, 6.45) is 0. The number of hydrogen-bond donors (Lipinski definition) is 6. The highest BCUT2D eigenvalue weighted by molar-refractivity contribution is 7.91. The Bertz CT molecular complexity index is 2350. The van der Waals surface area contributed by atoms with Crippen LogP contribution in [-0.4, -0.2) is 95.4 Å². The Morgan fingerprint density at radius 1 is 0.815 bits per heavy atom. The molecule has 54 heavy (non-hydrogen) atoms. The summed E-state index contributed by atoms with van der Waals surface area (Å²) in [6, 6.07) is 9.70. The number of benzene rings is 2. The van der Waals surface area contributed by atoms with Gasteiger partial charge in [0.1, 0.15) is 28.2 Å². The summed E-state index contributed by atoms with van der Waals surface area (Å²) in [5.74, 6) is -1.62. The molecule has 29 heteroatoms. The van der Waals surface area contributed by atoms with Gasteiger partial charge in [0.05, 0.1) is 46.6 Å². The second-order valence-electron chi connectivity index (χ2n) is 10.1. The Kier molecular flexibility index (Phi) is 15.8. The predicted octanol–water partition coefficient (Wildman–Crippen LogP) is 3.64. The third-order valence-corrected chi connectivity index (χ3v) is 10.5. The van der Waals surface area contributed by atoms with Crippen LogP contribution < -0.4 is 10.6 Å². The molecule has 294 valence electrons. The molecule has 0 atom stereocenters. The summed E-state index contributed by atoms with van der Waals surface area (Å²) >= 11 is 0.290. The number of nitrogens with zero attached hydrogens (tertiary/aromatic N) is 6. The van der Waals surface area contributed by atoms with Crippen molar-refractivity contribution in [3.05, 3.63) is 53.6 Å². The highest BCUT2D eigenvalue weighted by atomic mass is 32.3. The van der Waals surface area contributed by atoms with E-state index in [1.807, 2.05) is 6.07 Å². The van der Waals surface area contributed by atoms with Crippen molar-refractivity contribution in [2.45, 2.75) is 16.7 Å². The Hall–Kier alpha value is -4.29. The van der Waals surface area contributed by atoms with Gasteiger partial charge in [-0.1, -0.05) is 5.04 Å². The van der Waals surface area contributed by atoms with E-state index in [-0.39, 0.29) is 59.5 Å². The Balaban J connectivity index is 1.97. The van der Waals surface area contributed by atoms with Crippen molar-refractivity contribution in [2.75, 3.05) is 48.4 Å². The summed E-state index contributed by atoms with van der Waals surface area (Å²) in [6.45, 7) is 0.105. The third-order valence-electron chi connectivity index (χ3n) is 6.34. The van der Waals surface area contributed by atoms with Crippen LogP contribution in [0.15, 0.2) is 72.7 Å². The van der Waals surface area contributed by atoms with Crippen LogP contribution in [0.25, 0.3) is 0 Å². The van der Waals surface area contributed by atoms with Crippen LogP contribution in [0.4, 0.5) is 34.4 Å². The number of aromatic nitrogens is 1. The Morgan fingerprint density at radius 2 is 1.46 bits per heavy atom. The minimum atomic E-state index is -4.99. The standard InChI is InChI=1S/C25H28N8O16S5/c1-16-20(15-26)24(27-8-10-46-50-49-48-34)29-25(28-9-12-51(35,36)13-11-47-54(43,44)45)23(16)33-32-21-7-4-18(14-22(21)53(40,41)42)31-30-17-2-5-19(6-3-17)52(37,38)39/h2-7,14,34H,8-13H2,1H3,(H2,27,28,29)(H,37,38,39)(H,40,41,42)(H,43,44,45). The number of hydrogen-bond acceptors (Lipinski definition) is 22. The summed E-state index contributed by atoms with van der Waals surface area (Å²) in [7, 11) is -18.3. The van der Waals surface area contributed by atoms with E-state index in [0.29, 0.717) is 12.3 Å². The molecule has 1 heterocycles. The maximum Gasteiger partial charge on any atom is 0.397 e. The molecule has 0 bridgehead atoms. The van der Waals surface area contributed by atoms with Crippen molar-refractivity contribution in [3.63, 3.8) is 0 Å². The average Bonchev–Trinajstić information content (AvgIpc) is 3.07. The number of nitriles is 1.